The van der Waals surface area contributed by atoms with Gasteiger partial charge in [-0.1, -0.05) is 31.4 Å². The lowest BCUT2D eigenvalue weighted by molar-refractivity contribution is 0.108. The minimum atomic E-state index is -3.61. The zero-order valence-electron chi connectivity index (χ0n) is 23.0. The van der Waals surface area contributed by atoms with Gasteiger partial charge in [-0.15, -0.1) is 0 Å². The summed E-state index contributed by atoms with van der Waals surface area (Å²) in [5, 5.41) is 13.6. The van der Waals surface area contributed by atoms with Crippen molar-refractivity contribution in [3.8, 4) is 28.4 Å². The molecule has 5 rings (SSSR count). The van der Waals surface area contributed by atoms with Crippen LogP contribution in [0.4, 0.5) is 5.82 Å². The molecule has 1 atom stereocenters. The van der Waals surface area contributed by atoms with Gasteiger partial charge in [-0.2, -0.15) is 0 Å². The Bertz CT molecular complexity index is 1580. The summed E-state index contributed by atoms with van der Waals surface area (Å²) in [6.45, 7) is 0.568. The third kappa shape index (κ3) is 6.08. The van der Waals surface area contributed by atoms with Crippen molar-refractivity contribution >= 4 is 26.9 Å². The summed E-state index contributed by atoms with van der Waals surface area (Å²) >= 11 is 0. The highest BCUT2D eigenvalue weighted by atomic mass is 32.2. The van der Waals surface area contributed by atoms with E-state index in [1.807, 2.05) is 30.3 Å². The first-order valence-corrected chi connectivity index (χ1v) is 15.3. The first-order valence-electron chi connectivity index (χ1n) is 13.4. The number of fused-ring (bicyclic) bond motifs is 1. The van der Waals surface area contributed by atoms with Crippen molar-refractivity contribution in [3.63, 3.8) is 0 Å². The minimum absolute atomic E-state index is 0.145. The summed E-state index contributed by atoms with van der Waals surface area (Å²) in [4.78, 5) is 20.4. The standard InChI is InChI=1S/C28H35N7O4S/c1-29-14-21(36)17-39-22-11-7-8-19(12-22)27-32-25(13-26(33-27)34(2)20-9-5-4-6-10-20)24-16-35(40(3,37)38)28-23(24)15-30-18-31-28/h7-8,11-13,15-16,18,20-21,29,36H,4-6,9-10,14,17H2,1-3H3/t21-/m1/s1. The highest BCUT2D eigenvalue weighted by Crippen LogP contribution is 2.34. The molecule has 0 bridgehead atoms. The summed E-state index contributed by atoms with van der Waals surface area (Å²) in [7, 11) is 0.212. The summed E-state index contributed by atoms with van der Waals surface area (Å²) in [5.74, 6) is 1.82. The Morgan fingerprint density at radius 2 is 2.00 bits per heavy atom. The van der Waals surface area contributed by atoms with Crippen LogP contribution in [0.2, 0.25) is 0 Å². The van der Waals surface area contributed by atoms with E-state index in [2.05, 4.69) is 27.2 Å². The van der Waals surface area contributed by atoms with Crippen molar-refractivity contribution in [1.82, 2.24) is 29.2 Å². The maximum atomic E-state index is 12.6. The number of aromatic nitrogens is 5. The monoisotopic (exact) mass is 565 g/mol. The SMILES string of the molecule is CNC[C@@H](O)COc1cccc(-c2nc(-c3cn(S(C)(=O)=O)c4ncncc34)cc(N(C)C3CCCCC3)n2)c1. The van der Waals surface area contributed by atoms with Gasteiger partial charge in [-0.05, 0) is 32.0 Å². The van der Waals surface area contributed by atoms with E-state index in [0.717, 1.165) is 34.5 Å². The number of aliphatic hydroxyl groups is 1. The van der Waals surface area contributed by atoms with Crippen molar-refractivity contribution < 1.29 is 18.3 Å². The number of nitrogens with one attached hydrogen (secondary N) is 1. The Kier molecular flexibility index (Phi) is 8.29. The van der Waals surface area contributed by atoms with Gasteiger partial charge in [-0.3, -0.25) is 0 Å². The maximum absolute atomic E-state index is 12.6. The Morgan fingerprint density at radius 3 is 2.75 bits per heavy atom. The van der Waals surface area contributed by atoms with Gasteiger partial charge in [0.15, 0.2) is 11.5 Å². The Hall–Kier alpha value is -3.61. The summed E-state index contributed by atoms with van der Waals surface area (Å²) < 4.78 is 32.1. The van der Waals surface area contributed by atoms with E-state index < -0.39 is 16.1 Å². The summed E-state index contributed by atoms with van der Waals surface area (Å²) in [6.07, 6.45) is 10.8. The van der Waals surface area contributed by atoms with E-state index in [4.69, 9.17) is 14.7 Å². The van der Waals surface area contributed by atoms with Gasteiger partial charge in [0, 0.05) is 54.6 Å². The molecular formula is C28H35N7O4S. The van der Waals surface area contributed by atoms with E-state index in [0.29, 0.717) is 46.5 Å². The molecule has 0 saturated heterocycles. The molecule has 2 N–H and O–H groups in total. The van der Waals surface area contributed by atoms with Gasteiger partial charge in [0.1, 0.15) is 30.6 Å². The van der Waals surface area contributed by atoms with Crippen molar-refractivity contribution in [2.24, 2.45) is 0 Å². The number of rotatable bonds is 10. The second-order valence-corrected chi connectivity index (χ2v) is 12.1. The molecule has 0 amide bonds. The maximum Gasteiger partial charge on any atom is 0.237 e. The van der Waals surface area contributed by atoms with Crippen molar-refractivity contribution in [1.29, 1.82) is 0 Å². The molecule has 3 heterocycles. The van der Waals surface area contributed by atoms with Crippen LogP contribution in [0.1, 0.15) is 32.1 Å². The second-order valence-electron chi connectivity index (χ2n) is 10.2. The first-order chi connectivity index (χ1) is 19.2. The Labute approximate surface area is 234 Å². The molecule has 1 saturated carbocycles. The van der Waals surface area contributed by atoms with Crippen LogP contribution in [0.15, 0.2) is 49.1 Å². The van der Waals surface area contributed by atoms with Gasteiger partial charge >= 0.3 is 0 Å². The van der Waals surface area contributed by atoms with E-state index >= 15 is 0 Å². The molecule has 212 valence electrons. The molecule has 0 aliphatic heterocycles. The molecule has 0 unspecified atom stereocenters. The quantitative estimate of drug-likeness (QED) is 0.295. The molecule has 12 heteroatoms. The number of anilines is 1. The van der Waals surface area contributed by atoms with Crippen LogP contribution in [0.25, 0.3) is 33.7 Å². The molecule has 1 aromatic carbocycles. The lowest BCUT2D eigenvalue weighted by atomic mass is 9.94. The molecule has 1 fully saturated rings. The highest BCUT2D eigenvalue weighted by Gasteiger charge is 2.23. The number of aliphatic hydroxyl groups excluding tert-OH is 1. The number of hydrogen-bond acceptors (Lipinski definition) is 10. The number of hydrogen-bond donors (Lipinski definition) is 2. The van der Waals surface area contributed by atoms with Crippen LogP contribution in [-0.2, 0) is 10.0 Å². The van der Waals surface area contributed by atoms with E-state index in [9.17, 15) is 13.5 Å². The van der Waals surface area contributed by atoms with Crippen LogP contribution in [0.3, 0.4) is 0 Å². The average molecular weight is 566 g/mol. The molecule has 4 aromatic rings. The zero-order valence-corrected chi connectivity index (χ0v) is 23.8. The predicted molar refractivity (Wildman–Crippen MR) is 155 cm³/mol. The van der Waals surface area contributed by atoms with Gasteiger partial charge in [-0.25, -0.2) is 32.3 Å². The van der Waals surface area contributed by atoms with Gasteiger partial charge in [0.2, 0.25) is 10.0 Å². The minimum Gasteiger partial charge on any atom is -0.491 e. The number of likely N-dealkylation sites (N-methyl/N-ethyl adjacent to an activating group) is 1. The fourth-order valence-corrected chi connectivity index (χ4v) is 5.90. The van der Waals surface area contributed by atoms with Crippen LogP contribution < -0.4 is 15.0 Å². The molecule has 11 nitrogen and oxygen atoms in total. The molecule has 1 aliphatic carbocycles. The normalized spacial score (nSPS) is 15.3. The summed E-state index contributed by atoms with van der Waals surface area (Å²) in [5.41, 5.74) is 2.21. The molecular weight excluding hydrogens is 530 g/mol. The van der Waals surface area contributed by atoms with Crippen molar-refractivity contribution in [3.05, 3.63) is 49.1 Å². The zero-order chi connectivity index (χ0) is 28.3. The molecule has 0 spiro atoms. The number of nitrogens with zero attached hydrogens (tertiary/aromatic N) is 6. The van der Waals surface area contributed by atoms with Crippen LogP contribution >= 0.6 is 0 Å². The Balaban J connectivity index is 1.61. The van der Waals surface area contributed by atoms with E-state index in [1.54, 1.807) is 19.4 Å². The van der Waals surface area contributed by atoms with Gasteiger partial charge in [0.25, 0.3) is 0 Å². The third-order valence-corrected chi connectivity index (χ3v) is 8.23. The molecule has 40 heavy (non-hydrogen) atoms. The molecule has 1 aliphatic rings. The number of ether oxygens (including phenoxy) is 1. The first kappa shape index (κ1) is 27.9. The molecule has 3 aromatic heterocycles. The lowest BCUT2D eigenvalue weighted by Crippen LogP contribution is -2.34. The third-order valence-electron chi connectivity index (χ3n) is 7.24. The van der Waals surface area contributed by atoms with Gasteiger partial charge < -0.3 is 20.1 Å². The summed E-state index contributed by atoms with van der Waals surface area (Å²) in [6, 6.07) is 9.70. The van der Waals surface area contributed by atoms with Crippen molar-refractivity contribution in [2.45, 2.75) is 44.2 Å². The predicted octanol–water partition coefficient (Wildman–Crippen LogP) is 3.09. The topological polar surface area (TPSA) is 135 Å². The van der Waals surface area contributed by atoms with Crippen molar-refractivity contribution in [2.75, 3.05) is 38.4 Å². The lowest BCUT2D eigenvalue weighted by Gasteiger charge is -2.32. The Morgan fingerprint density at radius 1 is 1.20 bits per heavy atom. The molecule has 0 radical (unpaired) electrons. The van der Waals surface area contributed by atoms with Crippen LogP contribution in [0, 0.1) is 0 Å². The van der Waals surface area contributed by atoms with Crippen LogP contribution in [0.5, 0.6) is 5.75 Å². The fourth-order valence-electron chi connectivity index (χ4n) is 5.14. The number of benzene rings is 1. The van der Waals surface area contributed by atoms with Crippen LogP contribution in [-0.4, -0.2) is 83.1 Å². The average Bonchev–Trinajstić information content (AvgIpc) is 3.37. The largest absolute Gasteiger partial charge is 0.491 e. The van der Waals surface area contributed by atoms with E-state index in [-0.39, 0.29) is 6.61 Å². The van der Waals surface area contributed by atoms with E-state index in [1.165, 1.54) is 25.6 Å². The second kappa shape index (κ2) is 11.9. The smallest absolute Gasteiger partial charge is 0.237 e. The highest BCUT2D eigenvalue weighted by molar-refractivity contribution is 7.89. The fraction of sp³-hybridized carbons (Fsp3) is 0.429. The van der Waals surface area contributed by atoms with Gasteiger partial charge in [0.05, 0.1) is 11.9 Å².